The summed E-state index contributed by atoms with van der Waals surface area (Å²) in [6, 6.07) is 9.00. The molecule has 0 bridgehead atoms. The third-order valence-electron chi connectivity index (χ3n) is 2.42. The molecule has 1 heteroatoms. The van der Waals surface area contributed by atoms with Crippen molar-refractivity contribution < 1.29 is 0 Å². The zero-order chi connectivity index (χ0) is 8.39. The molecule has 0 amide bonds. The quantitative estimate of drug-likeness (QED) is 0.698. The highest BCUT2D eigenvalue weighted by Crippen LogP contribution is 2.26. The summed E-state index contributed by atoms with van der Waals surface area (Å²) in [5.41, 5.74) is 2.65. The van der Waals surface area contributed by atoms with Gasteiger partial charge in [-0.3, -0.25) is 0 Å². The highest BCUT2D eigenvalue weighted by molar-refractivity contribution is 5.53. The van der Waals surface area contributed by atoms with E-state index in [1.54, 1.807) is 0 Å². The standard InChI is InChI=1S/C11H13N/c1-2-9-5-3-4-6-10(9)11-7-8-12-11/h2-6,11-12H,1,7-8H2/t11-/m0/s1. The molecule has 1 heterocycles. The first-order valence-electron chi connectivity index (χ1n) is 4.36. The Labute approximate surface area is 73.1 Å². The van der Waals surface area contributed by atoms with Crippen LogP contribution in [-0.4, -0.2) is 6.54 Å². The lowest BCUT2D eigenvalue weighted by molar-refractivity contribution is 0.383. The van der Waals surface area contributed by atoms with E-state index in [2.05, 4.69) is 36.2 Å². The number of hydrogen-bond donors (Lipinski definition) is 1. The summed E-state index contributed by atoms with van der Waals surface area (Å²) < 4.78 is 0. The molecule has 1 saturated heterocycles. The van der Waals surface area contributed by atoms with E-state index in [-0.39, 0.29) is 0 Å². The lowest BCUT2D eigenvalue weighted by Crippen LogP contribution is -2.35. The van der Waals surface area contributed by atoms with Crippen LogP contribution in [0.15, 0.2) is 30.8 Å². The van der Waals surface area contributed by atoms with Crippen molar-refractivity contribution in [1.82, 2.24) is 5.32 Å². The molecule has 1 aliphatic heterocycles. The molecule has 1 nitrogen and oxygen atoms in total. The summed E-state index contributed by atoms with van der Waals surface area (Å²) in [6.07, 6.45) is 3.18. The minimum atomic E-state index is 0.569. The van der Waals surface area contributed by atoms with E-state index >= 15 is 0 Å². The number of benzene rings is 1. The van der Waals surface area contributed by atoms with Crippen LogP contribution in [0.25, 0.3) is 6.08 Å². The summed E-state index contributed by atoms with van der Waals surface area (Å²) in [7, 11) is 0. The number of hydrogen-bond acceptors (Lipinski definition) is 1. The molecule has 1 aromatic rings. The zero-order valence-corrected chi connectivity index (χ0v) is 7.09. The van der Waals surface area contributed by atoms with E-state index in [0.717, 1.165) is 6.54 Å². The van der Waals surface area contributed by atoms with Gasteiger partial charge < -0.3 is 5.32 Å². The summed E-state index contributed by atoms with van der Waals surface area (Å²) in [6.45, 7) is 4.95. The molecule has 1 fully saturated rings. The van der Waals surface area contributed by atoms with Crippen molar-refractivity contribution in [2.24, 2.45) is 0 Å². The Hall–Kier alpha value is -1.08. The van der Waals surface area contributed by atoms with E-state index in [4.69, 9.17) is 0 Å². The molecule has 62 valence electrons. The van der Waals surface area contributed by atoms with Crippen molar-refractivity contribution in [3.63, 3.8) is 0 Å². The van der Waals surface area contributed by atoms with Crippen LogP contribution in [0.5, 0.6) is 0 Å². The highest BCUT2D eigenvalue weighted by Gasteiger charge is 2.19. The van der Waals surface area contributed by atoms with E-state index in [1.807, 2.05) is 6.08 Å². The Kier molecular flexibility index (Phi) is 1.96. The first-order chi connectivity index (χ1) is 5.92. The largest absolute Gasteiger partial charge is 0.310 e. The van der Waals surface area contributed by atoms with E-state index in [0.29, 0.717) is 6.04 Å². The topological polar surface area (TPSA) is 12.0 Å². The molecule has 1 aliphatic rings. The maximum Gasteiger partial charge on any atom is 0.0338 e. The Bertz CT molecular complexity index is 287. The Morgan fingerprint density at radius 3 is 2.75 bits per heavy atom. The normalized spacial score (nSPS) is 21.5. The van der Waals surface area contributed by atoms with Gasteiger partial charge in [0.25, 0.3) is 0 Å². The van der Waals surface area contributed by atoms with Crippen molar-refractivity contribution in [2.45, 2.75) is 12.5 Å². The molecule has 2 rings (SSSR count). The molecule has 1 atom stereocenters. The average molecular weight is 159 g/mol. The van der Waals surface area contributed by atoms with E-state index in [1.165, 1.54) is 17.5 Å². The Morgan fingerprint density at radius 1 is 1.42 bits per heavy atom. The van der Waals surface area contributed by atoms with Crippen LogP contribution in [0.2, 0.25) is 0 Å². The van der Waals surface area contributed by atoms with Gasteiger partial charge in [-0.1, -0.05) is 36.9 Å². The summed E-state index contributed by atoms with van der Waals surface area (Å²) in [5.74, 6) is 0. The molecule has 0 aromatic heterocycles. The fourth-order valence-corrected chi connectivity index (χ4v) is 1.57. The fourth-order valence-electron chi connectivity index (χ4n) is 1.57. The van der Waals surface area contributed by atoms with Gasteiger partial charge >= 0.3 is 0 Å². The molecule has 0 aliphatic carbocycles. The molecule has 1 aromatic carbocycles. The van der Waals surface area contributed by atoms with Gasteiger partial charge in [0.15, 0.2) is 0 Å². The highest BCUT2D eigenvalue weighted by atomic mass is 15.0. The molecule has 0 spiro atoms. The van der Waals surface area contributed by atoms with Crippen LogP contribution < -0.4 is 5.32 Å². The van der Waals surface area contributed by atoms with Gasteiger partial charge in [-0.05, 0) is 24.1 Å². The third-order valence-corrected chi connectivity index (χ3v) is 2.42. The van der Waals surface area contributed by atoms with Gasteiger partial charge in [0.05, 0.1) is 0 Å². The van der Waals surface area contributed by atoms with Crippen LogP contribution in [0.3, 0.4) is 0 Å². The summed E-state index contributed by atoms with van der Waals surface area (Å²) in [5, 5.41) is 3.39. The third kappa shape index (κ3) is 1.16. The second-order valence-corrected chi connectivity index (χ2v) is 3.13. The van der Waals surface area contributed by atoms with Crippen LogP contribution in [0, 0.1) is 0 Å². The van der Waals surface area contributed by atoms with Gasteiger partial charge in [-0.25, -0.2) is 0 Å². The van der Waals surface area contributed by atoms with Gasteiger partial charge in [-0.2, -0.15) is 0 Å². The summed E-state index contributed by atoms with van der Waals surface area (Å²) >= 11 is 0. The molecule has 0 radical (unpaired) electrons. The maximum atomic E-state index is 3.80. The van der Waals surface area contributed by atoms with Crippen molar-refractivity contribution in [1.29, 1.82) is 0 Å². The minimum Gasteiger partial charge on any atom is -0.310 e. The van der Waals surface area contributed by atoms with Crippen LogP contribution in [0.1, 0.15) is 23.6 Å². The lowest BCUT2D eigenvalue weighted by atomic mass is 9.94. The monoisotopic (exact) mass is 159 g/mol. The minimum absolute atomic E-state index is 0.569. The smallest absolute Gasteiger partial charge is 0.0338 e. The first kappa shape index (κ1) is 7.56. The molecule has 0 saturated carbocycles. The lowest BCUT2D eigenvalue weighted by Gasteiger charge is -2.29. The molecular weight excluding hydrogens is 146 g/mol. The van der Waals surface area contributed by atoms with Gasteiger partial charge in [0.2, 0.25) is 0 Å². The van der Waals surface area contributed by atoms with Gasteiger partial charge in [0, 0.05) is 6.04 Å². The van der Waals surface area contributed by atoms with Gasteiger partial charge in [0.1, 0.15) is 0 Å². The van der Waals surface area contributed by atoms with Crippen LogP contribution >= 0.6 is 0 Å². The zero-order valence-electron chi connectivity index (χ0n) is 7.09. The predicted molar refractivity (Wildman–Crippen MR) is 51.9 cm³/mol. The number of rotatable bonds is 2. The van der Waals surface area contributed by atoms with Crippen molar-refractivity contribution in [3.05, 3.63) is 42.0 Å². The Morgan fingerprint density at radius 2 is 2.17 bits per heavy atom. The SMILES string of the molecule is C=Cc1ccccc1[C@@H]1CCN1. The fraction of sp³-hybridized carbons (Fsp3) is 0.273. The van der Waals surface area contributed by atoms with E-state index < -0.39 is 0 Å². The maximum absolute atomic E-state index is 3.80. The van der Waals surface area contributed by atoms with Crippen LogP contribution in [0.4, 0.5) is 0 Å². The second-order valence-electron chi connectivity index (χ2n) is 3.13. The van der Waals surface area contributed by atoms with Crippen molar-refractivity contribution >= 4 is 6.08 Å². The Balaban J connectivity index is 2.33. The molecule has 0 unspecified atom stereocenters. The molecular formula is C11H13N. The molecule has 1 N–H and O–H groups in total. The van der Waals surface area contributed by atoms with Crippen LogP contribution in [-0.2, 0) is 0 Å². The van der Waals surface area contributed by atoms with E-state index in [9.17, 15) is 0 Å². The van der Waals surface area contributed by atoms with Crippen molar-refractivity contribution in [3.8, 4) is 0 Å². The van der Waals surface area contributed by atoms with Gasteiger partial charge in [-0.15, -0.1) is 0 Å². The predicted octanol–water partition coefficient (Wildman–Crippen LogP) is 2.36. The van der Waals surface area contributed by atoms with Crippen molar-refractivity contribution in [2.75, 3.05) is 6.54 Å². The first-order valence-corrected chi connectivity index (χ1v) is 4.36. The second kappa shape index (κ2) is 3.11. The average Bonchev–Trinajstić information content (AvgIpc) is 2.02. The summed E-state index contributed by atoms with van der Waals surface area (Å²) in [4.78, 5) is 0. The number of nitrogens with one attached hydrogen (secondary N) is 1. The molecule has 12 heavy (non-hydrogen) atoms.